The number of hydrogen-bond donors (Lipinski definition) is 0. The Kier molecular flexibility index (Phi) is 6.38. The summed E-state index contributed by atoms with van der Waals surface area (Å²) < 4.78 is 10.6. The highest BCUT2D eigenvalue weighted by Gasteiger charge is 2.37. The third kappa shape index (κ3) is 4.84. The van der Waals surface area contributed by atoms with Crippen molar-refractivity contribution in [2.45, 2.75) is 25.9 Å². The van der Waals surface area contributed by atoms with Gasteiger partial charge in [0.1, 0.15) is 11.5 Å². The molecule has 4 rings (SSSR count). The van der Waals surface area contributed by atoms with Crippen molar-refractivity contribution in [3.05, 3.63) is 54.0 Å². The second-order valence-electron chi connectivity index (χ2n) is 8.06. The molecular formula is C23H29N3O4. The fourth-order valence-electron chi connectivity index (χ4n) is 4.28. The molecule has 0 aliphatic carbocycles. The van der Waals surface area contributed by atoms with Crippen LogP contribution >= 0.6 is 0 Å². The summed E-state index contributed by atoms with van der Waals surface area (Å²) in [5, 5.41) is 0. The van der Waals surface area contributed by atoms with Gasteiger partial charge in [-0.15, -0.1) is 0 Å². The highest BCUT2D eigenvalue weighted by Crippen LogP contribution is 2.23. The summed E-state index contributed by atoms with van der Waals surface area (Å²) in [4.78, 5) is 31.5. The highest BCUT2D eigenvalue weighted by molar-refractivity contribution is 5.89. The van der Waals surface area contributed by atoms with Gasteiger partial charge >= 0.3 is 0 Å². The van der Waals surface area contributed by atoms with Gasteiger partial charge in [0.2, 0.25) is 11.8 Å². The van der Waals surface area contributed by atoms with E-state index in [4.69, 9.17) is 9.15 Å². The first-order valence-corrected chi connectivity index (χ1v) is 10.6. The largest absolute Gasteiger partial charge is 0.497 e. The molecule has 2 saturated heterocycles. The Bertz CT molecular complexity index is 850. The summed E-state index contributed by atoms with van der Waals surface area (Å²) in [6.45, 7) is 5.04. The van der Waals surface area contributed by atoms with E-state index < -0.39 is 0 Å². The zero-order valence-corrected chi connectivity index (χ0v) is 17.5. The summed E-state index contributed by atoms with van der Waals surface area (Å²) in [5.41, 5.74) is 1.24. The number of methoxy groups -OCH3 is 1. The van der Waals surface area contributed by atoms with E-state index in [0.29, 0.717) is 26.1 Å². The first-order valence-electron chi connectivity index (χ1n) is 10.6. The Labute approximate surface area is 177 Å². The van der Waals surface area contributed by atoms with Crippen molar-refractivity contribution < 1.29 is 18.7 Å². The number of rotatable bonds is 6. The van der Waals surface area contributed by atoms with Crippen molar-refractivity contribution in [3.8, 4) is 5.75 Å². The number of furan rings is 1. The van der Waals surface area contributed by atoms with E-state index in [9.17, 15) is 9.59 Å². The number of nitrogens with zero attached hydrogens (tertiary/aromatic N) is 3. The number of ether oxygens (including phenoxy) is 1. The quantitative estimate of drug-likeness (QED) is 0.730. The van der Waals surface area contributed by atoms with Crippen molar-refractivity contribution in [2.75, 3.05) is 39.8 Å². The van der Waals surface area contributed by atoms with Crippen LogP contribution in [0.25, 0.3) is 0 Å². The molecule has 2 aliphatic rings. The van der Waals surface area contributed by atoms with Crippen LogP contribution in [-0.4, -0.2) is 66.3 Å². The molecule has 7 nitrogen and oxygen atoms in total. The molecule has 1 aromatic carbocycles. The second kappa shape index (κ2) is 9.34. The predicted octanol–water partition coefficient (Wildman–Crippen LogP) is 2.37. The summed E-state index contributed by atoms with van der Waals surface area (Å²) in [7, 11) is 1.67. The van der Waals surface area contributed by atoms with Gasteiger partial charge in [-0.2, -0.15) is 0 Å². The van der Waals surface area contributed by atoms with Gasteiger partial charge in [0.25, 0.3) is 0 Å². The molecule has 0 saturated carbocycles. The minimum atomic E-state index is -0.249. The predicted molar refractivity (Wildman–Crippen MR) is 112 cm³/mol. The lowest BCUT2D eigenvalue weighted by Gasteiger charge is -2.24. The van der Waals surface area contributed by atoms with Crippen LogP contribution < -0.4 is 4.74 Å². The number of hydrogen-bond acceptors (Lipinski definition) is 5. The number of carbonyl (C=O) groups is 2. The molecule has 2 fully saturated rings. The van der Waals surface area contributed by atoms with Crippen molar-refractivity contribution in [3.63, 3.8) is 0 Å². The fourth-order valence-corrected chi connectivity index (χ4v) is 4.28. The second-order valence-corrected chi connectivity index (χ2v) is 8.06. The minimum absolute atomic E-state index is 0.0284. The van der Waals surface area contributed by atoms with Gasteiger partial charge in [-0.3, -0.25) is 14.5 Å². The molecule has 3 heterocycles. The Morgan fingerprint density at radius 2 is 1.93 bits per heavy atom. The van der Waals surface area contributed by atoms with Crippen LogP contribution in [0, 0.1) is 5.92 Å². The molecule has 0 N–H and O–H groups in total. The first kappa shape index (κ1) is 20.5. The number of carbonyl (C=O) groups excluding carboxylic acids is 2. The van der Waals surface area contributed by atoms with Crippen molar-refractivity contribution >= 4 is 11.8 Å². The Morgan fingerprint density at radius 1 is 1.10 bits per heavy atom. The van der Waals surface area contributed by atoms with Gasteiger partial charge in [-0.1, -0.05) is 12.1 Å². The maximum Gasteiger partial charge on any atom is 0.228 e. The molecule has 1 aromatic heterocycles. The van der Waals surface area contributed by atoms with E-state index >= 15 is 0 Å². The molecule has 0 radical (unpaired) electrons. The van der Waals surface area contributed by atoms with Gasteiger partial charge < -0.3 is 19.0 Å². The molecule has 2 aromatic rings. The molecular weight excluding hydrogens is 382 g/mol. The standard InChI is InChI=1S/C23H29N3O4/c1-29-20-7-5-18(6-8-20)15-24-9-3-10-25(12-11-24)23(28)19-14-22(27)26(16-19)17-21-4-2-13-30-21/h2,4-8,13,19H,3,9-12,14-17H2,1H3. The number of likely N-dealkylation sites (tertiary alicyclic amines) is 1. The first-order chi connectivity index (χ1) is 14.6. The SMILES string of the molecule is COc1ccc(CN2CCCN(C(=O)C3CC(=O)N(Cc4ccco4)C3)CC2)cc1. The smallest absolute Gasteiger partial charge is 0.228 e. The topological polar surface area (TPSA) is 66.2 Å². The molecule has 7 heteroatoms. The number of benzene rings is 1. The van der Waals surface area contributed by atoms with Crippen LogP contribution in [-0.2, 0) is 22.7 Å². The van der Waals surface area contributed by atoms with Crippen LogP contribution in [0.5, 0.6) is 5.75 Å². The maximum absolute atomic E-state index is 13.1. The van der Waals surface area contributed by atoms with Crippen LogP contribution in [0.4, 0.5) is 0 Å². The van der Waals surface area contributed by atoms with E-state index in [-0.39, 0.29) is 17.7 Å². The number of amides is 2. The molecule has 160 valence electrons. The third-order valence-electron chi connectivity index (χ3n) is 5.96. The summed E-state index contributed by atoms with van der Waals surface area (Å²) in [6.07, 6.45) is 2.84. The highest BCUT2D eigenvalue weighted by atomic mass is 16.5. The van der Waals surface area contributed by atoms with E-state index in [0.717, 1.165) is 44.1 Å². The lowest BCUT2D eigenvalue weighted by molar-refractivity contribution is -0.135. The third-order valence-corrected chi connectivity index (χ3v) is 5.96. The zero-order valence-electron chi connectivity index (χ0n) is 17.5. The van der Waals surface area contributed by atoms with E-state index in [1.807, 2.05) is 29.2 Å². The lowest BCUT2D eigenvalue weighted by Crippen LogP contribution is -2.39. The van der Waals surface area contributed by atoms with Crippen LogP contribution in [0.3, 0.4) is 0 Å². The zero-order chi connectivity index (χ0) is 20.9. The van der Waals surface area contributed by atoms with Gasteiger partial charge in [0.15, 0.2) is 0 Å². The Hall–Kier alpha value is -2.80. The van der Waals surface area contributed by atoms with Gasteiger partial charge in [0, 0.05) is 45.7 Å². The lowest BCUT2D eigenvalue weighted by atomic mass is 10.1. The molecule has 1 atom stereocenters. The van der Waals surface area contributed by atoms with E-state index in [1.165, 1.54) is 5.56 Å². The van der Waals surface area contributed by atoms with Gasteiger partial charge in [0.05, 0.1) is 25.8 Å². The van der Waals surface area contributed by atoms with Crippen molar-refractivity contribution in [1.29, 1.82) is 0 Å². The fraction of sp³-hybridized carbons (Fsp3) is 0.478. The molecule has 2 aliphatic heterocycles. The maximum atomic E-state index is 13.1. The summed E-state index contributed by atoms with van der Waals surface area (Å²) in [5.74, 6) is 1.50. The van der Waals surface area contributed by atoms with Crippen molar-refractivity contribution in [2.24, 2.45) is 5.92 Å². The van der Waals surface area contributed by atoms with Gasteiger partial charge in [-0.25, -0.2) is 0 Å². The summed E-state index contributed by atoms with van der Waals surface area (Å²) >= 11 is 0. The summed E-state index contributed by atoms with van der Waals surface area (Å²) in [6, 6.07) is 11.8. The van der Waals surface area contributed by atoms with Crippen LogP contribution in [0.2, 0.25) is 0 Å². The minimum Gasteiger partial charge on any atom is -0.497 e. The molecule has 2 amide bonds. The van der Waals surface area contributed by atoms with Crippen LogP contribution in [0.1, 0.15) is 24.2 Å². The average molecular weight is 412 g/mol. The van der Waals surface area contributed by atoms with Gasteiger partial charge in [-0.05, 0) is 36.2 Å². The van der Waals surface area contributed by atoms with E-state index in [2.05, 4.69) is 17.0 Å². The molecule has 1 unspecified atom stereocenters. The average Bonchev–Trinajstić information content (AvgIpc) is 3.33. The monoisotopic (exact) mass is 411 g/mol. The van der Waals surface area contributed by atoms with E-state index in [1.54, 1.807) is 18.3 Å². The molecule has 0 bridgehead atoms. The Morgan fingerprint density at radius 3 is 2.67 bits per heavy atom. The van der Waals surface area contributed by atoms with Crippen LogP contribution in [0.15, 0.2) is 47.1 Å². The molecule has 30 heavy (non-hydrogen) atoms. The molecule has 0 spiro atoms. The van der Waals surface area contributed by atoms with Crippen molar-refractivity contribution in [1.82, 2.24) is 14.7 Å². The normalized spacial score (nSPS) is 20.4. The Balaban J connectivity index is 1.29.